The summed E-state index contributed by atoms with van der Waals surface area (Å²) < 4.78 is 33.5. The van der Waals surface area contributed by atoms with Crippen LogP contribution in [0.2, 0.25) is 0 Å². The maximum Gasteiger partial charge on any atom is 0.243 e. The van der Waals surface area contributed by atoms with E-state index < -0.39 is 10.0 Å². The van der Waals surface area contributed by atoms with E-state index in [9.17, 15) is 13.2 Å². The van der Waals surface area contributed by atoms with E-state index in [1.165, 1.54) is 16.4 Å². The van der Waals surface area contributed by atoms with Crippen molar-refractivity contribution in [3.63, 3.8) is 0 Å². The molecule has 0 spiro atoms. The first-order valence-corrected chi connectivity index (χ1v) is 11.6. The van der Waals surface area contributed by atoms with Crippen LogP contribution in [0.3, 0.4) is 0 Å². The second-order valence-corrected chi connectivity index (χ2v) is 9.24. The molecule has 1 heterocycles. The number of piperazine rings is 1. The van der Waals surface area contributed by atoms with Crippen LogP contribution in [0.15, 0.2) is 53.4 Å². The third kappa shape index (κ3) is 5.59. The molecule has 1 saturated heterocycles. The molecular weight excluding hydrogens is 402 g/mol. The molecule has 0 aromatic heterocycles. The van der Waals surface area contributed by atoms with Gasteiger partial charge in [0.05, 0.1) is 18.0 Å². The van der Waals surface area contributed by atoms with E-state index in [0.717, 1.165) is 24.2 Å². The number of sulfonamides is 1. The fraction of sp³-hybridized carbons (Fsp3) is 0.409. The molecule has 3 rings (SSSR count). The molecule has 1 aliphatic heterocycles. The summed E-state index contributed by atoms with van der Waals surface area (Å²) >= 11 is 0. The lowest BCUT2D eigenvalue weighted by atomic mass is 10.1. The van der Waals surface area contributed by atoms with E-state index in [-0.39, 0.29) is 23.9 Å². The Morgan fingerprint density at radius 2 is 1.83 bits per heavy atom. The Hall–Kier alpha value is -2.42. The van der Waals surface area contributed by atoms with E-state index in [2.05, 4.69) is 5.32 Å². The molecule has 8 heteroatoms. The van der Waals surface area contributed by atoms with Gasteiger partial charge in [-0.15, -0.1) is 0 Å². The highest BCUT2D eigenvalue weighted by atomic mass is 32.2. The van der Waals surface area contributed by atoms with Crippen LogP contribution in [0.4, 0.5) is 0 Å². The molecule has 30 heavy (non-hydrogen) atoms. The van der Waals surface area contributed by atoms with Crippen molar-refractivity contribution in [2.75, 3.05) is 39.3 Å². The van der Waals surface area contributed by atoms with E-state index in [4.69, 9.17) is 4.74 Å². The minimum absolute atomic E-state index is 0.134. The average Bonchev–Trinajstić information content (AvgIpc) is 2.74. The smallest absolute Gasteiger partial charge is 0.243 e. The number of amides is 1. The molecule has 0 unspecified atom stereocenters. The lowest BCUT2D eigenvalue weighted by Crippen LogP contribution is -2.50. The monoisotopic (exact) mass is 431 g/mol. The van der Waals surface area contributed by atoms with Crippen LogP contribution in [0.1, 0.15) is 18.1 Å². The third-order valence-corrected chi connectivity index (χ3v) is 6.80. The summed E-state index contributed by atoms with van der Waals surface area (Å²) in [5.74, 6) is 0.428. The van der Waals surface area contributed by atoms with Crippen LogP contribution in [-0.2, 0) is 21.4 Å². The molecule has 1 fully saturated rings. The predicted octanol–water partition coefficient (Wildman–Crippen LogP) is 2.02. The van der Waals surface area contributed by atoms with Crippen LogP contribution < -0.4 is 10.1 Å². The lowest BCUT2D eigenvalue weighted by Gasteiger charge is -2.30. The summed E-state index contributed by atoms with van der Waals surface area (Å²) in [5, 5.41) is 3.20. The molecule has 2 aromatic carbocycles. The van der Waals surface area contributed by atoms with Crippen molar-refractivity contribution >= 4 is 15.9 Å². The second-order valence-electron chi connectivity index (χ2n) is 7.30. The number of hydrogen-bond donors (Lipinski definition) is 1. The van der Waals surface area contributed by atoms with Crippen molar-refractivity contribution in [2.24, 2.45) is 0 Å². The quantitative estimate of drug-likeness (QED) is 0.692. The van der Waals surface area contributed by atoms with Gasteiger partial charge < -0.3 is 15.0 Å². The van der Waals surface area contributed by atoms with Crippen molar-refractivity contribution < 1.29 is 17.9 Å². The highest BCUT2D eigenvalue weighted by Gasteiger charge is 2.29. The number of ether oxygens (including phenoxy) is 1. The number of nitrogens with zero attached hydrogens (tertiary/aromatic N) is 2. The molecule has 1 aliphatic rings. The summed E-state index contributed by atoms with van der Waals surface area (Å²) in [6, 6.07) is 14.0. The number of benzene rings is 2. The molecule has 7 nitrogen and oxygen atoms in total. The normalized spacial score (nSPS) is 14.7. The number of nitrogens with one attached hydrogen (secondary N) is 1. The van der Waals surface area contributed by atoms with Gasteiger partial charge in [-0.05, 0) is 43.7 Å². The Morgan fingerprint density at radius 1 is 1.13 bits per heavy atom. The summed E-state index contributed by atoms with van der Waals surface area (Å²) in [6.07, 6.45) is 0. The molecule has 1 amide bonds. The zero-order chi connectivity index (χ0) is 21.6. The predicted molar refractivity (Wildman–Crippen MR) is 116 cm³/mol. The van der Waals surface area contributed by atoms with Crippen molar-refractivity contribution in [3.8, 4) is 5.75 Å². The topological polar surface area (TPSA) is 79.0 Å². The van der Waals surface area contributed by atoms with E-state index in [1.54, 1.807) is 17.0 Å². The van der Waals surface area contributed by atoms with Crippen molar-refractivity contribution in [1.29, 1.82) is 0 Å². The van der Waals surface area contributed by atoms with Crippen molar-refractivity contribution in [2.45, 2.75) is 25.3 Å². The minimum Gasteiger partial charge on any atom is -0.494 e. The first kappa shape index (κ1) is 22.3. The van der Waals surface area contributed by atoms with Gasteiger partial charge in [-0.2, -0.15) is 4.31 Å². The fourth-order valence-corrected chi connectivity index (χ4v) is 4.81. The number of aryl methyl sites for hydroxylation is 1. The van der Waals surface area contributed by atoms with Crippen LogP contribution >= 0.6 is 0 Å². The third-order valence-electron chi connectivity index (χ3n) is 5.00. The number of carbonyl (C=O) groups is 1. The summed E-state index contributed by atoms with van der Waals surface area (Å²) in [5.41, 5.74) is 1.89. The molecule has 0 radical (unpaired) electrons. The minimum atomic E-state index is -3.86. The molecule has 1 N–H and O–H groups in total. The van der Waals surface area contributed by atoms with Crippen molar-refractivity contribution in [1.82, 2.24) is 14.5 Å². The van der Waals surface area contributed by atoms with Gasteiger partial charge in [-0.1, -0.05) is 29.8 Å². The van der Waals surface area contributed by atoms with Gasteiger partial charge >= 0.3 is 0 Å². The average molecular weight is 432 g/mol. The van der Waals surface area contributed by atoms with Crippen LogP contribution in [-0.4, -0.2) is 62.9 Å². The zero-order valence-electron chi connectivity index (χ0n) is 17.5. The van der Waals surface area contributed by atoms with Gasteiger partial charge in [0.15, 0.2) is 0 Å². The van der Waals surface area contributed by atoms with Gasteiger partial charge in [0, 0.05) is 32.7 Å². The highest BCUT2D eigenvalue weighted by molar-refractivity contribution is 7.89. The summed E-state index contributed by atoms with van der Waals surface area (Å²) in [7, 11) is -3.86. The van der Waals surface area contributed by atoms with Gasteiger partial charge in [0.1, 0.15) is 5.75 Å². The molecular formula is C22H29N3O4S. The van der Waals surface area contributed by atoms with Gasteiger partial charge in [-0.25, -0.2) is 8.42 Å². The largest absolute Gasteiger partial charge is 0.494 e. The van der Waals surface area contributed by atoms with Gasteiger partial charge in [0.25, 0.3) is 0 Å². The Kier molecular flexibility index (Phi) is 7.47. The Balaban J connectivity index is 1.87. The van der Waals surface area contributed by atoms with Gasteiger partial charge in [0.2, 0.25) is 15.9 Å². The first-order valence-electron chi connectivity index (χ1n) is 10.2. The Labute approximate surface area is 178 Å². The first-order chi connectivity index (χ1) is 14.4. The molecule has 0 aliphatic carbocycles. The fourth-order valence-electron chi connectivity index (χ4n) is 3.43. The molecule has 0 saturated carbocycles. The number of hydrogen-bond acceptors (Lipinski definition) is 5. The molecule has 0 atom stereocenters. The summed E-state index contributed by atoms with van der Waals surface area (Å²) in [4.78, 5) is 14.7. The Morgan fingerprint density at radius 3 is 2.47 bits per heavy atom. The van der Waals surface area contributed by atoms with Crippen LogP contribution in [0.5, 0.6) is 5.75 Å². The maximum absolute atomic E-state index is 13.4. The molecule has 2 aromatic rings. The summed E-state index contributed by atoms with van der Waals surface area (Å²) in [6.45, 7) is 6.88. The molecule has 162 valence electrons. The number of rotatable bonds is 8. The van der Waals surface area contributed by atoms with E-state index in [1.807, 2.05) is 38.1 Å². The SMILES string of the molecule is CCOc1ccc(S(=O)(=O)N(CC(=O)N2CCNCC2)Cc2cccc(C)c2)cc1. The maximum atomic E-state index is 13.4. The van der Waals surface area contributed by atoms with E-state index >= 15 is 0 Å². The van der Waals surface area contributed by atoms with Gasteiger partial charge in [-0.3, -0.25) is 4.79 Å². The standard InChI is InChI=1S/C22H29N3O4S/c1-3-29-20-7-9-21(10-8-20)30(27,28)25(16-19-6-4-5-18(2)15-19)17-22(26)24-13-11-23-12-14-24/h4-10,15,23H,3,11-14,16-17H2,1-2H3. The van der Waals surface area contributed by atoms with Crippen LogP contribution in [0, 0.1) is 6.92 Å². The van der Waals surface area contributed by atoms with Crippen LogP contribution in [0.25, 0.3) is 0 Å². The lowest BCUT2D eigenvalue weighted by molar-refractivity contribution is -0.132. The second kappa shape index (κ2) is 10.1. The number of carbonyl (C=O) groups excluding carboxylic acids is 1. The molecule has 0 bridgehead atoms. The highest BCUT2D eigenvalue weighted by Crippen LogP contribution is 2.22. The zero-order valence-corrected chi connectivity index (χ0v) is 18.3. The van der Waals surface area contributed by atoms with E-state index in [0.29, 0.717) is 25.4 Å². The van der Waals surface area contributed by atoms with Crippen molar-refractivity contribution in [3.05, 3.63) is 59.7 Å². The Bertz CT molecular complexity index is 955.